The van der Waals surface area contributed by atoms with Crippen LogP contribution in [0.1, 0.15) is 11.1 Å². The van der Waals surface area contributed by atoms with Crippen molar-refractivity contribution in [1.29, 1.82) is 0 Å². The van der Waals surface area contributed by atoms with Crippen LogP contribution in [0.25, 0.3) is 22.6 Å². The Morgan fingerprint density at radius 3 is 2.30 bits per heavy atom. The number of ether oxygens (including phenoxy) is 3. The molecular formula is C23H18O4. The van der Waals surface area contributed by atoms with Gasteiger partial charge in [0, 0.05) is 10.9 Å². The number of methoxy groups -OCH3 is 2. The number of esters is 1. The maximum absolute atomic E-state index is 12.4. The van der Waals surface area contributed by atoms with Crippen molar-refractivity contribution >= 4 is 28.6 Å². The molecule has 3 aromatic carbocycles. The Labute approximate surface area is 157 Å². The van der Waals surface area contributed by atoms with Gasteiger partial charge in [-0.3, -0.25) is 0 Å². The maximum Gasteiger partial charge on any atom is 0.343 e. The Kier molecular flexibility index (Phi) is 4.38. The number of cyclic esters (lactones) is 1. The molecule has 0 saturated heterocycles. The summed E-state index contributed by atoms with van der Waals surface area (Å²) in [6.45, 7) is 0. The smallest absolute Gasteiger partial charge is 0.343 e. The number of hydrogen-bond donors (Lipinski definition) is 0. The van der Waals surface area contributed by atoms with E-state index in [1.807, 2.05) is 66.7 Å². The van der Waals surface area contributed by atoms with E-state index in [0.29, 0.717) is 11.3 Å². The fourth-order valence-electron chi connectivity index (χ4n) is 3.15. The second-order valence-electron chi connectivity index (χ2n) is 6.13. The molecule has 0 saturated carbocycles. The number of carbonyl (C=O) groups is 1. The Morgan fingerprint density at radius 2 is 1.59 bits per heavy atom. The van der Waals surface area contributed by atoms with Gasteiger partial charge in [0.25, 0.3) is 0 Å². The molecule has 1 aliphatic heterocycles. The predicted molar refractivity (Wildman–Crippen MR) is 106 cm³/mol. The third-order valence-electron chi connectivity index (χ3n) is 4.55. The summed E-state index contributed by atoms with van der Waals surface area (Å²) in [5.74, 6) is 1.73. The highest BCUT2D eigenvalue weighted by molar-refractivity contribution is 6.07. The summed E-state index contributed by atoms with van der Waals surface area (Å²) in [5.41, 5.74) is 2.27. The summed E-state index contributed by atoms with van der Waals surface area (Å²) in [6.07, 6.45) is 3.61. The van der Waals surface area contributed by atoms with Gasteiger partial charge in [-0.15, -0.1) is 0 Å². The van der Waals surface area contributed by atoms with Crippen molar-refractivity contribution in [3.63, 3.8) is 0 Å². The van der Waals surface area contributed by atoms with E-state index < -0.39 is 0 Å². The molecule has 0 unspecified atom stereocenters. The van der Waals surface area contributed by atoms with Gasteiger partial charge in [0.1, 0.15) is 17.3 Å². The lowest BCUT2D eigenvalue weighted by Crippen LogP contribution is -1.97. The van der Waals surface area contributed by atoms with Gasteiger partial charge in [-0.25, -0.2) is 4.79 Å². The minimum atomic E-state index is -0.360. The van der Waals surface area contributed by atoms with E-state index >= 15 is 0 Å². The Bertz CT molecular complexity index is 1080. The molecule has 27 heavy (non-hydrogen) atoms. The summed E-state index contributed by atoms with van der Waals surface area (Å²) in [5, 5.41) is 2.02. The highest BCUT2D eigenvalue weighted by atomic mass is 16.5. The Balaban J connectivity index is 1.74. The monoisotopic (exact) mass is 358 g/mol. The average molecular weight is 358 g/mol. The van der Waals surface area contributed by atoms with Crippen LogP contribution in [0.4, 0.5) is 0 Å². The second kappa shape index (κ2) is 7.00. The Hall–Kier alpha value is -3.53. The summed E-state index contributed by atoms with van der Waals surface area (Å²) < 4.78 is 16.0. The standard InChI is InChI=1S/C23H18O4/c1-25-18-10-7-15(8-11-18)22-14-17(23(24)27-22)13-16-9-12-21(26-2)20-6-4-3-5-19(16)20/h3-14H,1-2H3/b17-13+. The largest absolute Gasteiger partial charge is 0.497 e. The molecule has 0 aliphatic carbocycles. The molecule has 0 spiro atoms. The SMILES string of the molecule is COc1ccc(C2=C/C(=C\c3ccc(OC)c4ccccc34)C(=O)O2)cc1. The first kappa shape index (κ1) is 16.9. The van der Waals surface area contributed by atoms with E-state index in [1.54, 1.807) is 20.3 Å². The topological polar surface area (TPSA) is 44.8 Å². The quantitative estimate of drug-likeness (QED) is 0.495. The summed E-state index contributed by atoms with van der Waals surface area (Å²) in [4.78, 5) is 12.4. The van der Waals surface area contributed by atoms with Gasteiger partial charge in [-0.1, -0.05) is 30.3 Å². The second-order valence-corrected chi connectivity index (χ2v) is 6.13. The van der Waals surface area contributed by atoms with Gasteiger partial charge < -0.3 is 14.2 Å². The van der Waals surface area contributed by atoms with Gasteiger partial charge >= 0.3 is 5.97 Å². The first-order valence-corrected chi connectivity index (χ1v) is 8.55. The van der Waals surface area contributed by atoms with E-state index in [-0.39, 0.29) is 5.97 Å². The molecule has 0 bridgehead atoms. The normalized spacial score (nSPS) is 15.0. The minimum absolute atomic E-state index is 0.360. The van der Waals surface area contributed by atoms with Crippen LogP contribution >= 0.6 is 0 Å². The van der Waals surface area contributed by atoms with Gasteiger partial charge in [-0.2, -0.15) is 0 Å². The zero-order valence-corrected chi connectivity index (χ0v) is 15.1. The highest BCUT2D eigenvalue weighted by Gasteiger charge is 2.22. The van der Waals surface area contributed by atoms with E-state index in [9.17, 15) is 4.79 Å². The van der Waals surface area contributed by atoms with Crippen LogP contribution in [-0.2, 0) is 9.53 Å². The lowest BCUT2D eigenvalue weighted by atomic mass is 10.0. The van der Waals surface area contributed by atoms with E-state index in [1.165, 1.54) is 0 Å². The van der Waals surface area contributed by atoms with Gasteiger partial charge in [0.2, 0.25) is 0 Å². The van der Waals surface area contributed by atoms with Crippen molar-refractivity contribution in [1.82, 2.24) is 0 Å². The van der Waals surface area contributed by atoms with Gasteiger partial charge in [0.05, 0.1) is 19.8 Å². The molecule has 1 heterocycles. The number of hydrogen-bond acceptors (Lipinski definition) is 4. The number of fused-ring (bicyclic) bond motifs is 1. The van der Waals surface area contributed by atoms with Crippen LogP contribution in [0.3, 0.4) is 0 Å². The lowest BCUT2D eigenvalue weighted by molar-refractivity contribution is -0.130. The zero-order valence-electron chi connectivity index (χ0n) is 15.1. The molecule has 0 N–H and O–H groups in total. The summed E-state index contributed by atoms with van der Waals surface area (Å²) >= 11 is 0. The average Bonchev–Trinajstić information content (AvgIpc) is 3.08. The van der Waals surface area contributed by atoms with Crippen molar-refractivity contribution in [3.8, 4) is 11.5 Å². The molecule has 1 aliphatic rings. The van der Waals surface area contributed by atoms with Crippen LogP contribution in [0.15, 0.2) is 72.3 Å². The zero-order chi connectivity index (χ0) is 18.8. The van der Waals surface area contributed by atoms with E-state index in [0.717, 1.165) is 33.4 Å². The van der Waals surface area contributed by atoms with Crippen molar-refractivity contribution < 1.29 is 19.0 Å². The maximum atomic E-state index is 12.4. The molecule has 4 heteroatoms. The molecule has 0 atom stereocenters. The molecule has 3 aromatic rings. The van der Waals surface area contributed by atoms with Crippen molar-refractivity contribution in [2.24, 2.45) is 0 Å². The lowest BCUT2D eigenvalue weighted by Gasteiger charge is -2.08. The van der Waals surface area contributed by atoms with Crippen LogP contribution in [0.2, 0.25) is 0 Å². The highest BCUT2D eigenvalue weighted by Crippen LogP contribution is 2.32. The molecule has 0 aromatic heterocycles. The molecule has 0 amide bonds. The molecule has 4 rings (SSSR count). The predicted octanol–water partition coefficient (Wildman–Crippen LogP) is 4.84. The van der Waals surface area contributed by atoms with Crippen LogP contribution < -0.4 is 9.47 Å². The summed E-state index contributed by atoms with van der Waals surface area (Å²) in [6, 6.07) is 19.2. The molecule has 0 fully saturated rings. The summed E-state index contributed by atoms with van der Waals surface area (Å²) in [7, 11) is 3.27. The minimum Gasteiger partial charge on any atom is -0.497 e. The van der Waals surface area contributed by atoms with E-state index in [2.05, 4.69) is 0 Å². The van der Waals surface area contributed by atoms with Gasteiger partial charge in [-0.05, 0) is 53.4 Å². The molecular weight excluding hydrogens is 340 g/mol. The fourth-order valence-corrected chi connectivity index (χ4v) is 3.15. The van der Waals surface area contributed by atoms with Gasteiger partial charge in [0.15, 0.2) is 0 Å². The van der Waals surface area contributed by atoms with Crippen molar-refractivity contribution in [3.05, 3.63) is 83.4 Å². The molecule has 134 valence electrons. The third kappa shape index (κ3) is 3.17. The van der Waals surface area contributed by atoms with Crippen LogP contribution in [0.5, 0.6) is 11.5 Å². The number of benzene rings is 3. The van der Waals surface area contributed by atoms with Crippen LogP contribution in [0, 0.1) is 0 Å². The third-order valence-corrected chi connectivity index (χ3v) is 4.55. The van der Waals surface area contributed by atoms with Crippen LogP contribution in [-0.4, -0.2) is 20.2 Å². The molecule has 4 nitrogen and oxygen atoms in total. The molecule has 0 radical (unpaired) electrons. The number of rotatable bonds is 4. The fraction of sp³-hybridized carbons (Fsp3) is 0.0870. The Morgan fingerprint density at radius 1 is 0.852 bits per heavy atom. The number of carbonyl (C=O) groups excluding carboxylic acids is 1. The first-order valence-electron chi connectivity index (χ1n) is 8.55. The van der Waals surface area contributed by atoms with Crippen molar-refractivity contribution in [2.75, 3.05) is 14.2 Å². The first-order chi connectivity index (χ1) is 13.2. The van der Waals surface area contributed by atoms with E-state index in [4.69, 9.17) is 14.2 Å². The van der Waals surface area contributed by atoms with Crippen molar-refractivity contribution in [2.45, 2.75) is 0 Å².